The van der Waals surface area contributed by atoms with Gasteiger partial charge >= 0.3 is 0 Å². The Labute approximate surface area is 131 Å². The number of rotatable bonds is 4. The summed E-state index contributed by atoms with van der Waals surface area (Å²) in [5.74, 6) is -0.00505. The van der Waals surface area contributed by atoms with Crippen molar-refractivity contribution in [2.75, 3.05) is 32.7 Å². The molecule has 0 bridgehead atoms. The molecule has 0 aromatic carbocycles. The van der Waals surface area contributed by atoms with E-state index in [2.05, 4.69) is 10.00 Å². The van der Waals surface area contributed by atoms with Crippen molar-refractivity contribution < 1.29 is 9.90 Å². The van der Waals surface area contributed by atoms with Gasteiger partial charge in [0.15, 0.2) is 0 Å². The third-order valence-corrected chi connectivity index (χ3v) is 4.84. The highest BCUT2D eigenvalue weighted by Gasteiger charge is 2.40. The molecule has 6 heteroatoms. The molecule has 1 atom stereocenters. The molecule has 3 heterocycles. The maximum atomic E-state index is 12.7. The fraction of sp³-hybridized carbons (Fsp3) is 0.750. The van der Waals surface area contributed by atoms with Crippen molar-refractivity contribution in [3.05, 3.63) is 17.5 Å². The van der Waals surface area contributed by atoms with Crippen LogP contribution in [0, 0.1) is 6.92 Å². The third-order valence-electron chi connectivity index (χ3n) is 4.84. The van der Waals surface area contributed by atoms with Crippen LogP contribution in [0.15, 0.2) is 6.20 Å². The molecule has 6 nitrogen and oxygen atoms in total. The van der Waals surface area contributed by atoms with Crippen LogP contribution in [0.25, 0.3) is 0 Å². The van der Waals surface area contributed by atoms with Gasteiger partial charge in [-0.3, -0.25) is 9.48 Å². The molecule has 1 amide bonds. The molecular weight excluding hydrogens is 280 g/mol. The molecule has 22 heavy (non-hydrogen) atoms. The number of amides is 1. The largest absolute Gasteiger partial charge is 0.387 e. The molecule has 0 radical (unpaired) electrons. The summed E-state index contributed by atoms with van der Waals surface area (Å²) in [5.41, 5.74) is 0.670. The predicted molar refractivity (Wildman–Crippen MR) is 83.8 cm³/mol. The zero-order chi connectivity index (χ0) is 15.7. The molecule has 0 saturated carbocycles. The molecule has 1 aromatic heterocycles. The van der Waals surface area contributed by atoms with Gasteiger partial charge in [0.05, 0.1) is 23.4 Å². The van der Waals surface area contributed by atoms with E-state index in [0.717, 1.165) is 25.3 Å². The molecule has 1 N–H and O–H groups in total. The third kappa shape index (κ3) is 3.03. The Balaban J connectivity index is 1.65. The number of aliphatic hydroxyl groups is 1. The second kappa shape index (κ2) is 6.01. The molecule has 2 fully saturated rings. The lowest BCUT2D eigenvalue weighted by atomic mass is 10.0. The fourth-order valence-electron chi connectivity index (χ4n) is 3.58. The van der Waals surface area contributed by atoms with Gasteiger partial charge in [-0.2, -0.15) is 5.10 Å². The van der Waals surface area contributed by atoms with Gasteiger partial charge in [0.1, 0.15) is 0 Å². The van der Waals surface area contributed by atoms with Crippen molar-refractivity contribution in [2.45, 2.75) is 45.3 Å². The van der Waals surface area contributed by atoms with Crippen molar-refractivity contribution in [2.24, 2.45) is 0 Å². The monoisotopic (exact) mass is 306 g/mol. The summed E-state index contributed by atoms with van der Waals surface area (Å²) in [6.07, 6.45) is 4.91. The Morgan fingerprint density at radius 1 is 1.36 bits per heavy atom. The van der Waals surface area contributed by atoms with E-state index in [0.29, 0.717) is 31.6 Å². The molecule has 0 spiro atoms. The van der Waals surface area contributed by atoms with E-state index in [1.807, 2.05) is 20.0 Å². The lowest BCUT2D eigenvalue weighted by Gasteiger charge is -2.28. The summed E-state index contributed by atoms with van der Waals surface area (Å²) in [6.45, 7) is 8.50. The van der Waals surface area contributed by atoms with Crippen molar-refractivity contribution >= 4 is 5.91 Å². The van der Waals surface area contributed by atoms with E-state index in [4.69, 9.17) is 0 Å². The summed E-state index contributed by atoms with van der Waals surface area (Å²) in [7, 11) is 0. The topological polar surface area (TPSA) is 61.6 Å². The minimum Gasteiger partial charge on any atom is -0.387 e. The van der Waals surface area contributed by atoms with E-state index < -0.39 is 5.60 Å². The van der Waals surface area contributed by atoms with Crippen LogP contribution in [0.1, 0.15) is 42.2 Å². The highest BCUT2D eigenvalue weighted by Crippen LogP contribution is 2.26. The molecular formula is C16H26N4O2. The van der Waals surface area contributed by atoms with Crippen LogP contribution < -0.4 is 0 Å². The van der Waals surface area contributed by atoms with Gasteiger partial charge in [-0.15, -0.1) is 0 Å². The quantitative estimate of drug-likeness (QED) is 0.897. The zero-order valence-electron chi connectivity index (χ0n) is 13.6. The smallest absolute Gasteiger partial charge is 0.257 e. The number of hydrogen-bond donors (Lipinski definition) is 1. The first-order chi connectivity index (χ1) is 10.5. The normalized spacial score (nSPS) is 26.0. The van der Waals surface area contributed by atoms with Crippen molar-refractivity contribution in [1.29, 1.82) is 0 Å². The van der Waals surface area contributed by atoms with E-state index in [1.165, 1.54) is 12.8 Å². The van der Waals surface area contributed by atoms with Gasteiger partial charge in [0.2, 0.25) is 0 Å². The van der Waals surface area contributed by atoms with Gasteiger partial charge in [0, 0.05) is 25.8 Å². The van der Waals surface area contributed by atoms with Gasteiger partial charge in [0.25, 0.3) is 5.91 Å². The van der Waals surface area contributed by atoms with Crippen molar-refractivity contribution in [1.82, 2.24) is 19.6 Å². The maximum absolute atomic E-state index is 12.7. The highest BCUT2D eigenvalue weighted by molar-refractivity contribution is 5.95. The average molecular weight is 306 g/mol. The number of carbonyl (C=O) groups excluding carboxylic acids is 1. The van der Waals surface area contributed by atoms with E-state index in [1.54, 1.807) is 9.58 Å². The Morgan fingerprint density at radius 3 is 2.73 bits per heavy atom. The molecule has 2 aliphatic rings. The van der Waals surface area contributed by atoms with Crippen LogP contribution >= 0.6 is 0 Å². The average Bonchev–Trinajstić information content (AvgIpc) is 3.19. The Kier molecular flexibility index (Phi) is 4.23. The molecule has 2 aliphatic heterocycles. The fourth-order valence-corrected chi connectivity index (χ4v) is 3.58. The standard InChI is InChI=1S/C16H26N4O2/c1-3-20-10-14(13(2)17-20)15(21)19-9-6-16(22,12-19)11-18-7-4-5-8-18/h10,22H,3-9,11-12H2,1-2H3/t16-/m1/s1. The zero-order valence-corrected chi connectivity index (χ0v) is 13.6. The first-order valence-electron chi connectivity index (χ1n) is 8.29. The first-order valence-corrected chi connectivity index (χ1v) is 8.29. The van der Waals surface area contributed by atoms with E-state index in [-0.39, 0.29) is 5.91 Å². The number of hydrogen-bond acceptors (Lipinski definition) is 4. The predicted octanol–water partition coefficient (Wildman–Crippen LogP) is 0.884. The first kappa shape index (κ1) is 15.5. The molecule has 0 aliphatic carbocycles. The minimum atomic E-state index is -0.755. The molecule has 0 unspecified atom stereocenters. The second-order valence-electron chi connectivity index (χ2n) is 6.67. The van der Waals surface area contributed by atoms with Crippen LogP contribution in [0.5, 0.6) is 0 Å². The lowest BCUT2D eigenvalue weighted by molar-refractivity contribution is 0.0175. The van der Waals surface area contributed by atoms with Gasteiger partial charge in [-0.25, -0.2) is 0 Å². The minimum absolute atomic E-state index is 0.00505. The highest BCUT2D eigenvalue weighted by atomic mass is 16.3. The van der Waals surface area contributed by atoms with Crippen LogP contribution in [-0.4, -0.2) is 68.9 Å². The number of nitrogens with zero attached hydrogens (tertiary/aromatic N) is 4. The number of β-amino-alcohol motifs (C(OH)–C–C–N with tert-alkyl or cyclic N) is 1. The van der Waals surface area contributed by atoms with Crippen LogP contribution in [0.3, 0.4) is 0 Å². The van der Waals surface area contributed by atoms with E-state index in [9.17, 15) is 9.90 Å². The maximum Gasteiger partial charge on any atom is 0.257 e. The molecule has 2 saturated heterocycles. The SMILES string of the molecule is CCn1cc(C(=O)N2CC[C@@](O)(CN3CCCC3)C2)c(C)n1. The van der Waals surface area contributed by atoms with Gasteiger partial charge in [-0.1, -0.05) is 0 Å². The number of carbonyl (C=O) groups is 1. The summed E-state index contributed by atoms with van der Waals surface area (Å²) in [6, 6.07) is 0. The Morgan fingerprint density at radius 2 is 2.09 bits per heavy atom. The molecule has 3 rings (SSSR count). The summed E-state index contributed by atoms with van der Waals surface area (Å²) in [4.78, 5) is 16.8. The van der Waals surface area contributed by atoms with Crippen molar-refractivity contribution in [3.63, 3.8) is 0 Å². The number of aromatic nitrogens is 2. The summed E-state index contributed by atoms with van der Waals surface area (Å²) < 4.78 is 1.79. The molecule has 1 aromatic rings. The second-order valence-corrected chi connectivity index (χ2v) is 6.67. The Bertz CT molecular complexity index is 550. The lowest BCUT2D eigenvalue weighted by Crippen LogP contribution is -2.45. The summed E-state index contributed by atoms with van der Waals surface area (Å²) >= 11 is 0. The van der Waals surface area contributed by atoms with E-state index >= 15 is 0 Å². The van der Waals surface area contributed by atoms with Gasteiger partial charge in [-0.05, 0) is 46.2 Å². The van der Waals surface area contributed by atoms with Crippen LogP contribution in [0.2, 0.25) is 0 Å². The number of aryl methyl sites for hydroxylation is 2. The van der Waals surface area contributed by atoms with Crippen molar-refractivity contribution in [3.8, 4) is 0 Å². The Hall–Kier alpha value is -1.40. The van der Waals surface area contributed by atoms with Crippen LogP contribution in [-0.2, 0) is 6.54 Å². The summed E-state index contributed by atoms with van der Waals surface area (Å²) in [5, 5.41) is 15.1. The van der Waals surface area contributed by atoms with Crippen LogP contribution in [0.4, 0.5) is 0 Å². The number of likely N-dealkylation sites (tertiary alicyclic amines) is 2. The molecule has 122 valence electrons. The van der Waals surface area contributed by atoms with Gasteiger partial charge < -0.3 is 14.9 Å².